The van der Waals surface area contributed by atoms with E-state index in [2.05, 4.69) is 0 Å². The number of ether oxygens (including phenoxy) is 1. The van der Waals surface area contributed by atoms with Crippen molar-refractivity contribution >= 4 is 23.2 Å². The van der Waals surface area contributed by atoms with E-state index in [1.165, 1.54) is 16.2 Å². The monoisotopic (exact) mass is 227 g/mol. The lowest BCUT2D eigenvalue weighted by Gasteiger charge is -2.14. The molecule has 5 heteroatoms. The van der Waals surface area contributed by atoms with Crippen LogP contribution in [0.15, 0.2) is 17.5 Å². The van der Waals surface area contributed by atoms with E-state index in [-0.39, 0.29) is 18.4 Å². The molecule has 0 saturated carbocycles. The number of amides is 1. The number of carbonyl (C=O) groups excluding carboxylic acids is 2. The molecule has 0 aliphatic carbocycles. The zero-order valence-corrected chi connectivity index (χ0v) is 9.54. The van der Waals surface area contributed by atoms with Gasteiger partial charge in [-0.15, -0.1) is 11.3 Å². The van der Waals surface area contributed by atoms with Gasteiger partial charge in [0.2, 0.25) is 0 Å². The van der Waals surface area contributed by atoms with Gasteiger partial charge in [-0.2, -0.15) is 0 Å². The summed E-state index contributed by atoms with van der Waals surface area (Å²) in [7, 11) is 1.58. The highest BCUT2D eigenvalue weighted by Gasteiger charge is 2.15. The molecule has 1 rings (SSSR count). The van der Waals surface area contributed by atoms with Crippen LogP contribution in [0.1, 0.15) is 16.6 Å². The van der Waals surface area contributed by atoms with E-state index in [1.807, 2.05) is 5.38 Å². The van der Waals surface area contributed by atoms with Crippen LogP contribution < -0.4 is 0 Å². The summed E-state index contributed by atoms with van der Waals surface area (Å²) in [5.41, 5.74) is 0. The van der Waals surface area contributed by atoms with Gasteiger partial charge < -0.3 is 9.64 Å². The lowest BCUT2D eigenvalue weighted by atomic mass is 10.4. The van der Waals surface area contributed by atoms with Crippen molar-refractivity contribution < 1.29 is 14.3 Å². The minimum absolute atomic E-state index is 0.00935. The first kappa shape index (κ1) is 11.7. The smallest absolute Gasteiger partial charge is 0.325 e. The molecule has 0 atom stereocenters. The molecule has 0 unspecified atom stereocenters. The van der Waals surface area contributed by atoms with E-state index < -0.39 is 0 Å². The molecule has 0 N–H and O–H groups in total. The molecule has 0 aromatic carbocycles. The van der Waals surface area contributed by atoms with Crippen molar-refractivity contribution in [1.82, 2.24) is 4.90 Å². The summed E-state index contributed by atoms with van der Waals surface area (Å²) >= 11 is 1.36. The van der Waals surface area contributed by atoms with Crippen LogP contribution in [-0.4, -0.2) is 37.0 Å². The second kappa shape index (κ2) is 5.50. The van der Waals surface area contributed by atoms with Gasteiger partial charge in [0.1, 0.15) is 6.54 Å². The van der Waals surface area contributed by atoms with Gasteiger partial charge in [0.25, 0.3) is 5.91 Å². The standard InChI is InChI=1S/C10H13NO3S/c1-3-14-9(12)7-11(2)10(13)8-5-4-6-15-8/h4-6H,3,7H2,1-2H3. The number of carbonyl (C=O) groups is 2. The lowest BCUT2D eigenvalue weighted by Crippen LogP contribution is -2.32. The third kappa shape index (κ3) is 3.36. The van der Waals surface area contributed by atoms with E-state index in [0.717, 1.165) is 0 Å². The van der Waals surface area contributed by atoms with Crippen LogP contribution >= 0.6 is 11.3 Å². The highest BCUT2D eigenvalue weighted by atomic mass is 32.1. The second-order valence-corrected chi connectivity index (χ2v) is 3.89. The van der Waals surface area contributed by atoms with Crippen LogP contribution in [0.25, 0.3) is 0 Å². The molecule has 1 aromatic rings. The molecule has 4 nitrogen and oxygen atoms in total. The number of esters is 1. The molecule has 0 fully saturated rings. The molecule has 15 heavy (non-hydrogen) atoms. The third-order valence-corrected chi connectivity index (χ3v) is 2.61. The Morgan fingerprint density at radius 2 is 2.27 bits per heavy atom. The molecule has 0 spiro atoms. The Labute approximate surface area is 92.5 Å². The van der Waals surface area contributed by atoms with Crippen molar-refractivity contribution in [3.8, 4) is 0 Å². The Morgan fingerprint density at radius 1 is 1.53 bits per heavy atom. The molecule has 0 radical (unpaired) electrons. The fourth-order valence-corrected chi connectivity index (χ4v) is 1.78. The predicted octanol–water partition coefficient (Wildman–Crippen LogP) is 1.38. The highest BCUT2D eigenvalue weighted by Crippen LogP contribution is 2.10. The number of rotatable bonds is 4. The Morgan fingerprint density at radius 3 is 2.80 bits per heavy atom. The zero-order chi connectivity index (χ0) is 11.3. The minimum Gasteiger partial charge on any atom is -0.465 e. The Balaban J connectivity index is 2.51. The summed E-state index contributed by atoms with van der Waals surface area (Å²) in [6.45, 7) is 2.06. The molecule has 0 saturated heterocycles. The summed E-state index contributed by atoms with van der Waals surface area (Å²) < 4.78 is 4.75. The van der Waals surface area contributed by atoms with E-state index >= 15 is 0 Å². The van der Waals surface area contributed by atoms with Gasteiger partial charge in [0.15, 0.2) is 0 Å². The number of likely N-dealkylation sites (N-methyl/N-ethyl adjacent to an activating group) is 1. The largest absolute Gasteiger partial charge is 0.465 e. The fraction of sp³-hybridized carbons (Fsp3) is 0.400. The fourth-order valence-electron chi connectivity index (χ4n) is 1.06. The zero-order valence-electron chi connectivity index (χ0n) is 8.73. The Bertz CT molecular complexity index is 334. The summed E-state index contributed by atoms with van der Waals surface area (Å²) in [5.74, 6) is -0.539. The maximum atomic E-state index is 11.7. The highest BCUT2D eigenvalue weighted by molar-refractivity contribution is 7.12. The average molecular weight is 227 g/mol. The maximum absolute atomic E-state index is 11.7. The van der Waals surface area contributed by atoms with E-state index in [1.54, 1.807) is 26.1 Å². The van der Waals surface area contributed by atoms with Gasteiger partial charge in [-0.1, -0.05) is 6.07 Å². The Kier molecular flexibility index (Phi) is 4.30. The first-order valence-corrected chi connectivity index (χ1v) is 5.47. The number of nitrogens with zero attached hydrogens (tertiary/aromatic N) is 1. The molecule has 1 aromatic heterocycles. The van der Waals surface area contributed by atoms with Crippen LogP contribution in [0.5, 0.6) is 0 Å². The van der Waals surface area contributed by atoms with Gasteiger partial charge in [0, 0.05) is 7.05 Å². The lowest BCUT2D eigenvalue weighted by molar-refractivity contribution is -0.143. The minimum atomic E-state index is -0.384. The van der Waals surface area contributed by atoms with Crippen LogP contribution in [0.4, 0.5) is 0 Å². The number of hydrogen-bond donors (Lipinski definition) is 0. The predicted molar refractivity (Wildman–Crippen MR) is 57.9 cm³/mol. The summed E-state index contributed by atoms with van der Waals surface area (Å²) in [5, 5.41) is 1.82. The molecule has 0 bridgehead atoms. The SMILES string of the molecule is CCOC(=O)CN(C)C(=O)c1cccs1. The van der Waals surface area contributed by atoms with Gasteiger partial charge in [-0.25, -0.2) is 0 Å². The molecular weight excluding hydrogens is 214 g/mol. The van der Waals surface area contributed by atoms with E-state index in [9.17, 15) is 9.59 Å². The van der Waals surface area contributed by atoms with Crippen molar-refractivity contribution in [1.29, 1.82) is 0 Å². The normalized spacial score (nSPS) is 9.73. The van der Waals surface area contributed by atoms with Crippen LogP contribution in [0, 0.1) is 0 Å². The average Bonchev–Trinajstić information content (AvgIpc) is 2.69. The first-order chi connectivity index (χ1) is 7.15. The van der Waals surface area contributed by atoms with Crippen molar-refractivity contribution in [2.45, 2.75) is 6.92 Å². The third-order valence-electron chi connectivity index (χ3n) is 1.75. The van der Waals surface area contributed by atoms with Crippen LogP contribution in [0.2, 0.25) is 0 Å². The Hall–Kier alpha value is -1.36. The summed E-state index contributed by atoms with van der Waals surface area (Å²) in [6.07, 6.45) is 0. The van der Waals surface area contributed by atoms with Crippen LogP contribution in [-0.2, 0) is 9.53 Å². The van der Waals surface area contributed by atoms with Gasteiger partial charge in [0.05, 0.1) is 11.5 Å². The number of hydrogen-bond acceptors (Lipinski definition) is 4. The van der Waals surface area contributed by atoms with Gasteiger partial charge in [-0.05, 0) is 18.4 Å². The van der Waals surface area contributed by atoms with Crippen molar-refractivity contribution in [2.24, 2.45) is 0 Å². The van der Waals surface area contributed by atoms with Crippen molar-refractivity contribution in [3.05, 3.63) is 22.4 Å². The quantitative estimate of drug-likeness (QED) is 0.730. The van der Waals surface area contributed by atoms with E-state index in [4.69, 9.17) is 4.74 Å². The molecule has 82 valence electrons. The van der Waals surface area contributed by atoms with E-state index in [0.29, 0.717) is 11.5 Å². The van der Waals surface area contributed by atoms with Crippen LogP contribution in [0.3, 0.4) is 0 Å². The van der Waals surface area contributed by atoms with Gasteiger partial charge in [-0.3, -0.25) is 9.59 Å². The molecule has 1 amide bonds. The van der Waals surface area contributed by atoms with Gasteiger partial charge >= 0.3 is 5.97 Å². The van der Waals surface area contributed by atoms with Crippen molar-refractivity contribution in [3.63, 3.8) is 0 Å². The summed E-state index contributed by atoms with van der Waals surface area (Å²) in [6, 6.07) is 3.53. The number of thiophene rings is 1. The molecular formula is C10H13NO3S. The molecule has 1 heterocycles. The summed E-state index contributed by atoms with van der Waals surface area (Å²) in [4.78, 5) is 24.8. The van der Waals surface area contributed by atoms with Crippen molar-refractivity contribution in [2.75, 3.05) is 20.2 Å². The maximum Gasteiger partial charge on any atom is 0.325 e. The first-order valence-electron chi connectivity index (χ1n) is 4.59. The molecule has 0 aliphatic rings. The second-order valence-electron chi connectivity index (χ2n) is 2.94. The topological polar surface area (TPSA) is 46.6 Å². The molecule has 0 aliphatic heterocycles.